The highest BCUT2D eigenvalue weighted by Gasteiger charge is 2.31. The minimum atomic E-state index is -4.53. The summed E-state index contributed by atoms with van der Waals surface area (Å²) < 4.78 is 41.6. The maximum Gasteiger partial charge on any atom is 0.416 e. The van der Waals surface area contributed by atoms with Crippen molar-refractivity contribution in [2.24, 2.45) is 5.92 Å². The van der Waals surface area contributed by atoms with Crippen molar-refractivity contribution < 1.29 is 23.1 Å². The van der Waals surface area contributed by atoms with Crippen LogP contribution in [0.3, 0.4) is 0 Å². The number of piperazine rings is 1. The summed E-state index contributed by atoms with van der Waals surface area (Å²) in [5.74, 6) is -0.0418. The first kappa shape index (κ1) is 24.6. The number of rotatable bonds is 5. The number of nitrogens with one attached hydrogen (secondary N) is 2. The van der Waals surface area contributed by atoms with Crippen molar-refractivity contribution in [1.82, 2.24) is 14.9 Å². The van der Waals surface area contributed by atoms with E-state index in [1.54, 1.807) is 0 Å². The van der Waals surface area contributed by atoms with Crippen LogP contribution in [0.25, 0.3) is 11.0 Å². The normalized spacial score (nSPS) is 21.1. The van der Waals surface area contributed by atoms with Crippen LogP contribution >= 0.6 is 0 Å². The Hall–Kier alpha value is -3.11. The summed E-state index contributed by atoms with van der Waals surface area (Å²) in [6, 6.07) is 10.6. The molecule has 1 saturated carbocycles. The van der Waals surface area contributed by atoms with Crippen molar-refractivity contribution in [2.45, 2.75) is 37.9 Å². The summed E-state index contributed by atoms with van der Waals surface area (Å²) in [7, 11) is 0. The Morgan fingerprint density at radius 1 is 1.08 bits per heavy atom. The van der Waals surface area contributed by atoms with E-state index in [0.717, 1.165) is 80.7 Å². The molecule has 36 heavy (non-hydrogen) atoms. The first-order valence-corrected chi connectivity index (χ1v) is 12.4. The van der Waals surface area contributed by atoms with E-state index in [2.05, 4.69) is 21.6 Å². The third-order valence-electron chi connectivity index (χ3n) is 7.27. The van der Waals surface area contributed by atoms with Gasteiger partial charge < -0.3 is 19.9 Å². The number of anilines is 2. The number of aliphatic hydroxyl groups excluding tert-OH is 1. The van der Waals surface area contributed by atoms with Gasteiger partial charge >= 0.3 is 6.18 Å². The number of nitrogens with zero attached hydrogens (tertiary/aromatic N) is 3. The largest absolute Gasteiger partial charge is 0.416 e. The predicted octanol–water partition coefficient (Wildman–Crippen LogP) is 4.44. The predicted molar refractivity (Wildman–Crippen MR) is 132 cm³/mol. The molecule has 3 aromatic rings. The average Bonchev–Trinajstić information content (AvgIpc) is 3.25. The Morgan fingerprint density at radius 2 is 1.83 bits per heavy atom. The molecule has 0 unspecified atom stereocenters. The molecule has 0 atom stereocenters. The Kier molecular flexibility index (Phi) is 6.90. The molecule has 0 radical (unpaired) electrons. The van der Waals surface area contributed by atoms with Crippen LogP contribution < -0.4 is 15.5 Å². The maximum atomic E-state index is 13.2. The molecule has 7 nitrogen and oxygen atoms in total. The highest BCUT2D eigenvalue weighted by Crippen LogP contribution is 2.37. The number of benzene rings is 2. The molecule has 2 heterocycles. The summed E-state index contributed by atoms with van der Waals surface area (Å²) in [6.45, 7) is 3.73. The fourth-order valence-corrected chi connectivity index (χ4v) is 5.26. The molecule has 10 heteroatoms. The van der Waals surface area contributed by atoms with Crippen LogP contribution in [-0.4, -0.2) is 53.4 Å². The van der Waals surface area contributed by atoms with Crippen molar-refractivity contribution in [3.63, 3.8) is 0 Å². The minimum Gasteiger partial charge on any atom is -0.396 e. The van der Waals surface area contributed by atoms with E-state index in [9.17, 15) is 23.1 Å². The lowest BCUT2D eigenvalue weighted by atomic mass is 9.86. The van der Waals surface area contributed by atoms with Gasteiger partial charge in [-0.3, -0.25) is 10.1 Å². The van der Waals surface area contributed by atoms with Crippen LogP contribution in [0.1, 0.15) is 47.6 Å². The minimum absolute atomic E-state index is 0.0691. The van der Waals surface area contributed by atoms with E-state index >= 15 is 0 Å². The lowest BCUT2D eigenvalue weighted by Gasteiger charge is -2.30. The molecule has 5 rings (SSSR count). The van der Waals surface area contributed by atoms with E-state index in [-0.39, 0.29) is 24.1 Å². The van der Waals surface area contributed by atoms with Gasteiger partial charge in [-0.25, -0.2) is 4.98 Å². The van der Waals surface area contributed by atoms with Crippen molar-refractivity contribution in [1.29, 1.82) is 0 Å². The lowest BCUT2D eigenvalue weighted by Crippen LogP contribution is -2.43. The van der Waals surface area contributed by atoms with Crippen LogP contribution in [-0.2, 0) is 6.18 Å². The summed E-state index contributed by atoms with van der Waals surface area (Å²) in [5.41, 5.74) is 1.71. The summed E-state index contributed by atoms with van der Waals surface area (Å²) in [6.07, 6.45) is -1.16. The smallest absolute Gasteiger partial charge is 0.396 e. The average molecular weight is 502 g/mol. The van der Waals surface area contributed by atoms with Crippen LogP contribution in [0.2, 0.25) is 0 Å². The zero-order valence-corrected chi connectivity index (χ0v) is 19.9. The Morgan fingerprint density at radius 3 is 2.53 bits per heavy atom. The molecule has 192 valence electrons. The number of halogens is 3. The first-order chi connectivity index (χ1) is 17.3. The number of hydrogen-bond donors (Lipinski definition) is 3. The van der Waals surface area contributed by atoms with Gasteiger partial charge in [0.1, 0.15) is 0 Å². The van der Waals surface area contributed by atoms with Gasteiger partial charge in [-0.2, -0.15) is 13.2 Å². The molecule has 1 aliphatic heterocycles. The molecular formula is C26H30F3N5O2. The number of aromatic nitrogens is 2. The fraction of sp³-hybridized carbons (Fsp3) is 0.462. The van der Waals surface area contributed by atoms with Crippen molar-refractivity contribution in [3.05, 3.63) is 53.6 Å². The van der Waals surface area contributed by atoms with E-state index in [1.807, 2.05) is 16.7 Å². The summed E-state index contributed by atoms with van der Waals surface area (Å²) >= 11 is 0. The highest BCUT2D eigenvalue weighted by molar-refractivity contribution is 6.04. The number of hydrogen-bond acceptors (Lipinski definition) is 5. The van der Waals surface area contributed by atoms with E-state index in [0.29, 0.717) is 5.95 Å². The third kappa shape index (κ3) is 5.05. The van der Waals surface area contributed by atoms with Gasteiger partial charge in [-0.1, -0.05) is 6.07 Å². The number of carbonyl (C=O) groups is 1. The molecule has 1 aliphatic carbocycles. The van der Waals surface area contributed by atoms with Crippen LogP contribution in [0.5, 0.6) is 0 Å². The van der Waals surface area contributed by atoms with Crippen LogP contribution in [0.4, 0.5) is 24.8 Å². The second-order valence-electron chi connectivity index (χ2n) is 9.61. The number of fused-ring (bicyclic) bond motifs is 1. The van der Waals surface area contributed by atoms with Gasteiger partial charge in [0.15, 0.2) is 0 Å². The van der Waals surface area contributed by atoms with Crippen molar-refractivity contribution >= 4 is 28.6 Å². The molecule has 1 saturated heterocycles. The Balaban J connectivity index is 1.49. The van der Waals surface area contributed by atoms with Crippen LogP contribution in [0, 0.1) is 5.92 Å². The number of aliphatic hydroxyl groups is 1. The highest BCUT2D eigenvalue weighted by atomic mass is 19.4. The molecule has 3 N–H and O–H groups in total. The molecule has 1 amide bonds. The van der Waals surface area contributed by atoms with E-state index < -0.39 is 17.6 Å². The summed E-state index contributed by atoms with van der Waals surface area (Å²) in [4.78, 5) is 20.1. The molecule has 2 aliphatic rings. The zero-order valence-electron chi connectivity index (χ0n) is 19.9. The monoisotopic (exact) mass is 501 g/mol. The third-order valence-corrected chi connectivity index (χ3v) is 7.27. The molecular weight excluding hydrogens is 471 g/mol. The first-order valence-electron chi connectivity index (χ1n) is 12.4. The van der Waals surface area contributed by atoms with Gasteiger partial charge in [-0.05, 0) is 68.0 Å². The number of amides is 1. The van der Waals surface area contributed by atoms with Crippen molar-refractivity contribution in [2.75, 3.05) is 43.0 Å². The van der Waals surface area contributed by atoms with Gasteiger partial charge in [0.25, 0.3) is 5.91 Å². The van der Waals surface area contributed by atoms with E-state index in [4.69, 9.17) is 4.98 Å². The second kappa shape index (κ2) is 10.1. The standard InChI is InChI=1S/C26H30F3N5O2/c27-26(28,29)19-3-1-2-18(14-19)24(36)32-25-31-22-15-21(33-12-10-30-11-13-33)8-9-23(22)34(25)20-6-4-17(16-35)5-7-20/h1-3,8-9,14-15,17,20,30,35H,4-7,10-13,16H2,(H,31,32,36). The number of alkyl halides is 3. The Labute approximate surface area is 207 Å². The van der Waals surface area contributed by atoms with Crippen LogP contribution in [0.15, 0.2) is 42.5 Å². The fourth-order valence-electron chi connectivity index (χ4n) is 5.26. The van der Waals surface area contributed by atoms with Crippen molar-refractivity contribution in [3.8, 4) is 0 Å². The molecule has 0 spiro atoms. The molecule has 0 bridgehead atoms. The van der Waals surface area contributed by atoms with Gasteiger partial charge in [0, 0.05) is 50.1 Å². The van der Waals surface area contributed by atoms with Gasteiger partial charge in [-0.15, -0.1) is 0 Å². The molecule has 2 fully saturated rings. The topological polar surface area (TPSA) is 82.4 Å². The van der Waals surface area contributed by atoms with Gasteiger partial charge in [0.05, 0.1) is 16.6 Å². The number of carbonyl (C=O) groups excluding carboxylic acids is 1. The number of imidazole rings is 1. The zero-order chi connectivity index (χ0) is 25.3. The van der Waals surface area contributed by atoms with Gasteiger partial charge in [0.2, 0.25) is 5.95 Å². The molecule has 2 aromatic carbocycles. The lowest BCUT2D eigenvalue weighted by molar-refractivity contribution is -0.137. The Bertz CT molecular complexity index is 1230. The quantitative estimate of drug-likeness (QED) is 0.482. The summed E-state index contributed by atoms with van der Waals surface area (Å²) in [5, 5.41) is 15.7. The second-order valence-corrected chi connectivity index (χ2v) is 9.61. The maximum absolute atomic E-state index is 13.2. The molecule has 1 aromatic heterocycles. The van der Waals surface area contributed by atoms with E-state index in [1.165, 1.54) is 12.1 Å². The SMILES string of the molecule is O=C(Nc1nc2cc(N3CCNCC3)ccc2n1C1CCC(CO)CC1)c1cccc(C(F)(F)F)c1.